The van der Waals surface area contributed by atoms with E-state index in [0.717, 1.165) is 15.4 Å². The van der Waals surface area contributed by atoms with Gasteiger partial charge in [0.2, 0.25) is 15.9 Å². The van der Waals surface area contributed by atoms with Crippen LogP contribution in [-0.2, 0) is 14.8 Å². The molecule has 0 radical (unpaired) electrons. The van der Waals surface area contributed by atoms with Crippen LogP contribution in [0.15, 0.2) is 53.4 Å². The van der Waals surface area contributed by atoms with Crippen LogP contribution in [0.1, 0.15) is 11.1 Å². The van der Waals surface area contributed by atoms with E-state index in [4.69, 9.17) is 4.74 Å². The Hall–Kier alpha value is -2.64. The number of hydrogen-bond acceptors (Lipinski definition) is 4. The van der Waals surface area contributed by atoms with Gasteiger partial charge in [-0.1, -0.05) is 17.7 Å². The zero-order valence-corrected chi connectivity index (χ0v) is 16.0. The number of rotatable bonds is 6. The van der Waals surface area contributed by atoms with Gasteiger partial charge in [-0.25, -0.2) is 12.7 Å². The van der Waals surface area contributed by atoms with E-state index in [9.17, 15) is 13.2 Å². The van der Waals surface area contributed by atoms with Crippen molar-refractivity contribution in [3.8, 4) is 5.75 Å². The minimum atomic E-state index is -3.56. The molecule has 2 aromatic rings. The zero-order chi connectivity index (χ0) is 19.3. The average Bonchev–Trinajstić information content (AvgIpc) is 2.60. The van der Waals surface area contributed by atoms with E-state index in [0.29, 0.717) is 11.4 Å². The summed E-state index contributed by atoms with van der Waals surface area (Å²) in [6, 6.07) is 11.8. The van der Waals surface area contributed by atoms with Crippen LogP contribution in [0.4, 0.5) is 5.69 Å². The molecule has 138 valence electrons. The number of aryl methyl sites for hydroxylation is 1. The Morgan fingerprint density at radius 1 is 1.15 bits per heavy atom. The van der Waals surface area contributed by atoms with E-state index in [1.165, 1.54) is 32.3 Å². The summed E-state index contributed by atoms with van der Waals surface area (Å²) in [6.45, 7) is 1.95. The smallest absolute Gasteiger partial charge is 0.248 e. The number of anilines is 1. The van der Waals surface area contributed by atoms with Gasteiger partial charge in [-0.15, -0.1) is 0 Å². The number of sulfonamides is 1. The highest BCUT2D eigenvalue weighted by Gasteiger charge is 2.17. The third-order valence-electron chi connectivity index (χ3n) is 3.68. The maximum absolute atomic E-state index is 12.2. The first-order valence-corrected chi connectivity index (χ1v) is 9.34. The Kier molecular flexibility index (Phi) is 6.18. The molecule has 0 unspecified atom stereocenters. The Labute approximate surface area is 154 Å². The Morgan fingerprint density at radius 3 is 2.54 bits per heavy atom. The quantitative estimate of drug-likeness (QED) is 0.789. The van der Waals surface area contributed by atoms with Crippen LogP contribution < -0.4 is 10.1 Å². The molecule has 0 aliphatic carbocycles. The summed E-state index contributed by atoms with van der Waals surface area (Å²) < 4.78 is 30.7. The normalized spacial score (nSPS) is 11.7. The fourth-order valence-electron chi connectivity index (χ4n) is 2.28. The van der Waals surface area contributed by atoms with E-state index in [-0.39, 0.29) is 10.8 Å². The van der Waals surface area contributed by atoms with Crippen molar-refractivity contribution in [1.29, 1.82) is 0 Å². The Bertz CT molecular complexity index is 934. The number of ether oxygens (including phenoxy) is 1. The maximum atomic E-state index is 12.2. The van der Waals surface area contributed by atoms with E-state index in [1.807, 2.05) is 25.1 Å². The average molecular weight is 374 g/mol. The van der Waals surface area contributed by atoms with Crippen molar-refractivity contribution in [2.75, 3.05) is 26.5 Å². The molecule has 0 aliphatic heterocycles. The first kappa shape index (κ1) is 19.7. The van der Waals surface area contributed by atoms with Gasteiger partial charge < -0.3 is 10.1 Å². The number of benzene rings is 2. The second kappa shape index (κ2) is 8.16. The molecule has 0 aromatic heterocycles. The van der Waals surface area contributed by atoms with Gasteiger partial charge in [0.1, 0.15) is 5.75 Å². The van der Waals surface area contributed by atoms with Crippen LogP contribution in [0.5, 0.6) is 5.75 Å². The molecule has 7 heteroatoms. The van der Waals surface area contributed by atoms with Crippen molar-refractivity contribution in [2.24, 2.45) is 0 Å². The summed E-state index contributed by atoms with van der Waals surface area (Å²) in [7, 11) is 0.925. The Balaban J connectivity index is 2.17. The van der Waals surface area contributed by atoms with Crippen LogP contribution in [0, 0.1) is 6.92 Å². The van der Waals surface area contributed by atoms with Crippen LogP contribution in [0.2, 0.25) is 0 Å². The molecular formula is C19H22N2O4S. The second-order valence-electron chi connectivity index (χ2n) is 5.88. The van der Waals surface area contributed by atoms with E-state index >= 15 is 0 Å². The number of hydrogen-bond donors (Lipinski definition) is 1. The number of nitrogens with zero attached hydrogens (tertiary/aromatic N) is 1. The summed E-state index contributed by atoms with van der Waals surface area (Å²) in [5.41, 5.74) is 2.23. The molecule has 0 bridgehead atoms. The lowest BCUT2D eigenvalue weighted by Gasteiger charge is -2.12. The van der Waals surface area contributed by atoms with Gasteiger partial charge in [0.15, 0.2) is 0 Å². The topological polar surface area (TPSA) is 75.7 Å². The molecule has 0 heterocycles. The largest absolute Gasteiger partial charge is 0.496 e. The Morgan fingerprint density at radius 2 is 1.88 bits per heavy atom. The lowest BCUT2D eigenvalue weighted by Crippen LogP contribution is -2.22. The van der Waals surface area contributed by atoms with Gasteiger partial charge in [-0.2, -0.15) is 0 Å². The third-order valence-corrected chi connectivity index (χ3v) is 5.49. The maximum Gasteiger partial charge on any atom is 0.248 e. The monoisotopic (exact) mass is 374 g/mol. The predicted molar refractivity (Wildman–Crippen MR) is 103 cm³/mol. The van der Waals surface area contributed by atoms with Crippen LogP contribution in [-0.4, -0.2) is 39.8 Å². The van der Waals surface area contributed by atoms with Crippen molar-refractivity contribution in [3.63, 3.8) is 0 Å². The van der Waals surface area contributed by atoms with Gasteiger partial charge in [-0.05, 0) is 43.3 Å². The van der Waals surface area contributed by atoms with Crippen LogP contribution in [0.3, 0.4) is 0 Å². The first-order valence-electron chi connectivity index (χ1n) is 7.90. The van der Waals surface area contributed by atoms with E-state index in [2.05, 4.69) is 5.32 Å². The van der Waals surface area contributed by atoms with Crippen LogP contribution >= 0.6 is 0 Å². The highest BCUT2D eigenvalue weighted by Crippen LogP contribution is 2.21. The third kappa shape index (κ3) is 4.71. The summed E-state index contributed by atoms with van der Waals surface area (Å²) in [5.74, 6) is 0.298. The molecule has 0 saturated carbocycles. The fourth-order valence-corrected chi connectivity index (χ4v) is 3.23. The number of nitrogens with one attached hydrogen (secondary N) is 1. The molecule has 0 spiro atoms. The van der Waals surface area contributed by atoms with E-state index in [1.54, 1.807) is 25.3 Å². The molecule has 6 nitrogen and oxygen atoms in total. The van der Waals surface area contributed by atoms with Gasteiger partial charge in [0.25, 0.3) is 0 Å². The molecule has 2 rings (SSSR count). The standard InChI is InChI=1S/C19H22N2O4S/c1-14-8-10-18(25-4)15(12-14)9-11-19(22)20-16-6-5-7-17(13-16)26(23,24)21(2)3/h5-13H,1-4H3,(H,20,22)/b11-9+. The molecule has 0 aliphatic rings. The van der Waals surface area contributed by atoms with Crippen molar-refractivity contribution in [2.45, 2.75) is 11.8 Å². The summed E-state index contributed by atoms with van der Waals surface area (Å²) in [4.78, 5) is 12.3. The molecule has 1 amide bonds. The SMILES string of the molecule is COc1ccc(C)cc1/C=C/C(=O)Nc1cccc(S(=O)(=O)N(C)C)c1. The van der Waals surface area contributed by atoms with Crippen LogP contribution in [0.25, 0.3) is 6.08 Å². The van der Waals surface area contributed by atoms with Gasteiger partial charge in [-0.3, -0.25) is 4.79 Å². The second-order valence-corrected chi connectivity index (χ2v) is 8.04. The lowest BCUT2D eigenvalue weighted by molar-refractivity contribution is -0.111. The highest BCUT2D eigenvalue weighted by atomic mass is 32.2. The summed E-state index contributed by atoms with van der Waals surface area (Å²) in [6.07, 6.45) is 3.03. The van der Waals surface area contributed by atoms with Gasteiger partial charge in [0.05, 0.1) is 12.0 Å². The predicted octanol–water partition coefficient (Wildman–Crippen LogP) is 2.91. The number of methoxy groups -OCH3 is 1. The molecule has 1 N–H and O–H groups in total. The van der Waals surface area contributed by atoms with Crippen molar-refractivity contribution < 1.29 is 17.9 Å². The fraction of sp³-hybridized carbons (Fsp3) is 0.211. The van der Waals surface area contributed by atoms with Gasteiger partial charge in [0, 0.05) is 31.4 Å². The molecule has 26 heavy (non-hydrogen) atoms. The molecule has 0 saturated heterocycles. The summed E-state index contributed by atoms with van der Waals surface area (Å²) in [5, 5.41) is 2.67. The lowest BCUT2D eigenvalue weighted by atomic mass is 10.1. The highest BCUT2D eigenvalue weighted by molar-refractivity contribution is 7.89. The molecule has 2 aromatic carbocycles. The van der Waals surface area contributed by atoms with E-state index < -0.39 is 10.0 Å². The first-order chi connectivity index (χ1) is 12.2. The van der Waals surface area contributed by atoms with Crippen molar-refractivity contribution >= 4 is 27.7 Å². The summed E-state index contributed by atoms with van der Waals surface area (Å²) >= 11 is 0. The minimum absolute atomic E-state index is 0.115. The number of carbonyl (C=O) groups is 1. The van der Waals surface area contributed by atoms with Gasteiger partial charge >= 0.3 is 0 Å². The minimum Gasteiger partial charge on any atom is -0.496 e. The molecule has 0 atom stereocenters. The zero-order valence-electron chi connectivity index (χ0n) is 15.2. The number of amides is 1. The molecule has 0 fully saturated rings. The van der Waals surface area contributed by atoms with Crippen molar-refractivity contribution in [1.82, 2.24) is 4.31 Å². The van der Waals surface area contributed by atoms with Crippen molar-refractivity contribution in [3.05, 3.63) is 59.7 Å². The molecular weight excluding hydrogens is 352 g/mol. The number of carbonyl (C=O) groups excluding carboxylic acids is 1.